The van der Waals surface area contributed by atoms with E-state index in [1.165, 1.54) is 51.6 Å². The highest BCUT2D eigenvalue weighted by Crippen LogP contribution is 2.29. The lowest BCUT2D eigenvalue weighted by Crippen LogP contribution is -2.65. The minimum absolute atomic E-state index is 0.298. The summed E-state index contributed by atoms with van der Waals surface area (Å²) >= 11 is 0. The molecule has 1 N–H and O–H groups in total. The number of rotatable bonds is 3. The van der Waals surface area contributed by atoms with E-state index in [-0.39, 0.29) is 0 Å². The van der Waals surface area contributed by atoms with E-state index in [2.05, 4.69) is 43.1 Å². The van der Waals surface area contributed by atoms with Crippen LogP contribution in [0.2, 0.25) is 0 Å². The first-order valence-electron chi connectivity index (χ1n) is 8.16. The van der Waals surface area contributed by atoms with E-state index in [1.54, 1.807) is 0 Å². The Bertz CT molecular complexity index is 269. The molecule has 0 aromatic heterocycles. The van der Waals surface area contributed by atoms with Crippen LogP contribution < -0.4 is 5.32 Å². The second-order valence-electron chi connectivity index (χ2n) is 7.21. The zero-order valence-corrected chi connectivity index (χ0v) is 13.4. The van der Waals surface area contributed by atoms with Crippen LogP contribution in [0.15, 0.2) is 0 Å². The largest absolute Gasteiger partial charge is 0.318 e. The molecule has 2 rings (SSSR count). The van der Waals surface area contributed by atoms with Crippen LogP contribution in [0.1, 0.15) is 52.4 Å². The Labute approximate surface area is 119 Å². The smallest absolute Gasteiger partial charge is 0.0350 e. The minimum Gasteiger partial charge on any atom is -0.318 e. The van der Waals surface area contributed by atoms with Gasteiger partial charge in [0, 0.05) is 37.3 Å². The third kappa shape index (κ3) is 3.71. The van der Waals surface area contributed by atoms with Crippen LogP contribution in [0.4, 0.5) is 0 Å². The van der Waals surface area contributed by atoms with E-state index in [4.69, 9.17) is 0 Å². The fourth-order valence-corrected chi connectivity index (χ4v) is 3.90. The molecular formula is C16H33N3. The zero-order valence-electron chi connectivity index (χ0n) is 13.4. The molecule has 1 saturated carbocycles. The van der Waals surface area contributed by atoms with Gasteiger partial charge in [0.1, 0.15) is 0 Å². The molecule has 1 heterocycles. The lowest BCUT2D eigenvalue weighted by Gasteiger charge is -2.52. The monoisotopic (exact) mass is 267 g/mol. The summed E-state index contributed by atoms with van der Waals surface area (Å²) in [4.78, 5) is 5.38. The minimum atomic E-state index is 0.298. The molecule has 112 valence electrons. The highest BCUT2D eigenvalue weighted by molar-refractivity contribution is 4.96. The Balaban J connectivity index is 2.03. The van der Waals surface area contributed by atoms with Crippen LogP contribution in [0, 0.1) is 0 Å². The SMILES string of the molecule is CNCC1CN(C2CCCCCC2)CC(C)(C)N1C. The summed E-state index contributed by atoms with van der Waals surface area (Å²) in [5.41, 5.74) is 0.298. The molecule has 0 bridgehead atoms. The zero-order chi connectivity index (χ0) is 13.9. The highest BCUT2D eigenvalue weighted by Gasteiger charge is 2.39. The van der Waals surface area contributed by atoms with Crippen LogP contribution in [0.5, 0.6) is 0 Å². The van der Waals surface area contributed by atoms with Gasteiger partial charge in [0.15, 0.2) is 0 Å². The summed E-state index contributed by atoms with van der Waals surface area (Å²) in [6.07, 6.45) is 8.63. The Kier molecular flexibility index (Phi) is 5.27. The Morgan fingerprint density at radius 1 is 1.11 bits per heavy atom. The number of nitrogens with one attached hydrogen (secondary N) is 1. The Morgan fingerprint density at radius 3 is 2.32 bits per heavy atom. The van der Waals surface area contributed by atoms with Crippen molar-refractivity contribution >= 4 is 0 Å². The molecule has 3 heteroatoms. The number of hydrogen-bond acceptors (Lipinski definition) is 3. The average Bonchev–Trinajstić information content (AvgIpc) is 2.63. The van der Waals surface area contributed by atoms with E-state index < -0.39 is 0 Å². The molecule has 1 aliphatic heterocycles. The molecule has 1 aliphatic carbocycles. The first-order chi connectivity index (χ1) is 9.04. The summed E-state index contributed by atoms with van der Waals surface area (Å²) in [7, 11) is 4.37. The van der Waals surface area contributed by atoms with E-state index in [0.717, 1.165) is 12.6 Å². The van der Waals surface area contributed by atoms with Gasteiger partial charge in [0.2, 0.25) is 0 Å². The molecule has 0 aromatic carbocycles. The predicted octanol–water partition coefficient (Wildman–Crippen LogP) is 2.32. The molecule has 0 aromatic rings. The van der Waals surface area contributed by atoms with Gasteiger partial charge in [0.25, 0.3) is 0 Å². The Morgan fingerprint density at radius 2 is 1.74 bits per heavy atom. The second kappa shape index (κ2) is 6.55. The highest BCUT2D eigenvalue weighted by atomic mass is 15.3. The summed E-state index contributed by atoms with van der Waals surface area (Å²) in [5, 5.41) is 3.37. The van der Waals surface area contributed by atoms with Crippen molar-refractivity contribution in [2.75, 3.05) is 33.7 Å². The van der Waals surface area contributed by atoms with E-state index in [1.807, 2.05) is 0 Å². The normalized spacial score (nSPS) is 31.3. The van der Waals surface area contributed by atoms with Crippen LogP contribution in [-0.4, -0.2) is 61.2 Å². The number of piperazine rings is 1. The van der Waals surface area contributed by atoms with Crippen LogP contribution in [0.25, 0.3) is 0 Å². The van der Waals surface area contributed by atoms with Crippen molar-refractivity contribution in [3.63, 3.8) is 0 Å². The van der Waals surface area contributed by atoms with Crippen molar-refractivity contribution in [1.82, 2.24) is 15.1 Å². The van der Waals surface area contributed by atoms with Crippen molar-refractivity contribution in [2.45, 2.75) is 70.0 Å². The average molecular weight is 267 g/mol. The van der Waals surface area contributed by atoms with Gasteiger partial charge in [-0.05, 0) is 40.8 Å². The maximum absolute atomic E-state index is 3.37. The Hall–Kier alpha value is -0.120. The first kappa shape index (κ1) is 15.3. The predicted molar refractivity (Wildman–Crippen MR) is 82.6 cm³/mol. The maximum Gasteiger partial charge on any atom is 0.0350 e. The number of likely N-dealkylation sites (N-methyl/N-ethyl adjacent to an activating group) is 2. The van der Waals surface area contributed by atoms with Crippen LogP contribution in [-0.2, 0) is 0 Å². The van der Waals surface area contributed by atoms with Gasteiger partial charge >= 0.3 is 0 Å². The molecule has 2 fully saturated rings. The molecule has 3 nitrogen and oxygen atoms in total. The van der Waals surface area contributed by atoms with Gasteiger partial charge in [-0.1, -0.05) is 25.7 Å². The van der Waals surface area contributed by atoms with Crippen molar-refractivity contribution in [3.05, 3.63) is 0 Å². The quantitative estimate of drug-likeness (QED) is 0.792. The molecule has 0 amide bonds. The second-order valence-corrected chi connectivity index (χ2v) is 7.21. The number of hydrogen-bond donors (Lipinski definition) is 1. The third-order valence-electron chi connectivity index (χ3n) is 5.32. The molecule has 1 atom stereocenters. The fourth-order valence-electron chi connectivity index (χ4n) is 3.90. The molecule has 0 radical (unpaired) electrons. The van der Waals surface area contributed by atoms with Crippen molar-refractivity contribution in [3.8, 4) is 0 Å². The molecule has 1 saturated heterocycles. The van der Waals surface area contributed by atoms with Gasteiger partial charge in [-0.25, -0.2) is 0 Å². The third-order valence-corrected chi connectivity index (χ3v) is 5.32. The van der Waals surface area contributed by atoms with Gasteiger partial charge in [-0.3, -0.25) is 9.80 Å². The van der Waals surface area contributed by atoms with Crippen LogP contribution >= 0.6 is 0 Å². The standard InChI is InChI=1S/C16H33N3/c1-16(2)13-19(12-15(11-17-3)18(16)4)14-9-7-5-6-8-10-14/h14-15,17H,5-13H2,1-4H3. The van der Waals surface area contributed by atoms with Gasteiger partial charge in [-0.2, -0.15) is 0 Å². The lowest BCUT2D eigenvalue weighted by molar-refractivity contribution is -0.0263. The van der Waals surface area contributed by atoms with E-state index in [0.29, 0.717) is 11.6 Å². The molecule has 1 unspecified atom stereocenters. The van der Waals surface area contributed by atoms with Gasteiger partial charge < -0.3 is 5.32 Å². The maximum atomic E-state index is 3.37. The molecule has 19 heavy (non-hydrogen) atoms. The first-order valence-corrected chi connectivity index (χ1v) is 8.16. The summed E-state index contributed by atoms with van der Waals surface area (Å²) in [6.45, 7) is 8.38. The fraction of sp³-hybridized carbons (Fsp3) is 1.00. The van der Waals surface area contributed by atoms with Gasteiger partial charge in [-0.15, -0.1) is 0 Å². The van der Waals surface area contributed by atoms with Gasteiger partial charge in [0.05, 0.1) is 0 Å². The lowest BCUT2D eigenvalue weighted by atomic mass is 9.92. The molecule has 0 spiro atoms. The van der Waals surface area contributed by atoms with Crippen LogP contribution in [0.3, 0.4) is 0 Å². The van der Waals surface area contributed by atoms with E-state index >= 15 is 0 Å². The van der Waals surface area contributed by atoms with E-state index in [9.17, 15) is 0 Å². The molecule has 2 aliphatic rings. The summed E-state index contributed by atoms with van der Waals surface area (Å²) < 4.78 is 0. The summed E-state index contributed by atoms with van der Waals surface area (Å²) in [6, 6.07) is 1.49. The summed E-state index contributed by atoms with van der Waals surface area (Å²) in [5.74, 6) is 0. The van der Waals surface area contributed by atoms with Crippen molar-refractivity contribution < 1.29 is 0 Å². The van der Waals surface area contributed by atoms with Crippen molar-refractivity contribution in [2.24, 2.45) is 0 Å². The topological polar surface area (TPSA) is 18.5 Å². The number of nitrogens with zero attached hydrogens (tertiary/aromatic N) is 2. The van der Waals surface area contributed by atoms with Crippen molar-refractivity contribution in [1.29, 1.82) is 0 Å². The molecular weight excluding hydrogens is 234 g/mol.